The summed E-state index contributed by atoms with van der Waals surface area (Å²) in [6, 6.07) is 0. The monoisotopic (exact) mass is 213 g/mol. The normalized spacial score (nSPS) is 28.9. The number of rotatable bonds is 0. The Bertz CT molecular complexity index is 211. The van der Waals surface area contributed by atoms with E-state index >= 15 is 0 Å². The predicted octanol–water partition coefficient (Wildman–Crippen LogP) is -0.270. The lowest BCUT2D eigenvalue weighted by atomic mass is 10.3. The third-order valence-corrected chi connectivity index (χ3v) is 1.33. The highest BCUT2D eigenvalue weighted by Gasteiger charge is 2.12. The van der Waals surface area contributed by atoms with E-state index in [1.807, 2.05) is 0 Å². The van der Waals surface area contributed by atoms with Gasteiger partial charge in [-0.1, -0.05) is 0 Å². The summed E-state index contributed by atoms with van der Waals surface area (Å²) in [6.07, 6.45) is 0.803. The molecule has 0 aromatic rings. The minimum atomic E-state index is -4.67. The molecule has 3 N–H and O–H groups in total. The molecule has 1 saturated heterocycles. The largest absolute Gasteiger partial charge is 0.394 e. The van der Waals surface area contributed by atoms with Gasteiger partial charge in [-0.25, -0.2) is 0 Å². The van der Waals surface area contributed by atoms with Gasteiger partial charge in [0, 0.05) is 13.1 Å². The molecular weight excluding hydrogens is 198 g/mol. The molecule has 6 nitrogen and oxygen atoms in total. The molecule has 1 rings (SSSR count). The standard InChI is InChI=1S/C6H13NO.H2O4S/c1-5-3-7-4-6(2)8-5;1-5(2,3)4/h5-7H,3-4H2,1-2H3;(H2,1,2,3,4). The van der Waals surface area contributed by atoms with Crippen molar-refractivity contribution in [2.24, 2.45) is 0 Å². The molecule has 1 heterocycles. The topological polar surface area (TPSA) is 95.9 Å². The Hall–Kier alpha value is -0.210. The molecule has 2 atom stereocenters. The van der Waals surface area contributed by atoms with Crippen LogP contribution in [-0.2, 0) is 15.1 Å². The Labute approximate surface area is 77.9 Å². The first-order chi connectivity index (χ1) is 5.79. The summed E-state index contributed by atoms with van der Waals surface area (Å²) in [5.74, 6) is 0. The minimum Gasteiger partial charge on any atom is -0.373 e. The molecule has 7 heteroatoms. The molecule has 1 fully saturated rings. The van der Waals surface area contributed by atoms with Crippen molar-refractivity contribution in [3.8, 4) is 0 Å². The minimum absolute atomic E-state index is 0.402. The molecule has 2 unspecified atom stereocenters. The average molecular weight is 213 g/mol. The molecule has 1 aliphatic rings. The van der Waals surface area contributed by atoms with Gasteiger partial charge in [0.1, 0.15) is 0 Å². The van der Waals surface area contributed by atoms with Crippen molar-refractivity contribution < 1.29 is 22.3 Å². The van der Waals surface area contributed by atoms with E-state index < -0.39 is 10.4 Å². The zero-order valence-corrected chi connectivity index (χ0v) is 8.41. The highest BCUT2D eigenvalue weighted by atomic mass is 32.3. The molecule has 0 aromatic carbocycles. The van der Waals surface area contributed by atoms with Gasteiger partial charge < -0.3 is 10.1 Å². The van der Waals surface area contributed by atoms with Gasteiger partial charge in [0.2, 0.25) is 0 Å². The average Bonchev–Trinajstić information content (AvgIpc) is 1.81. The van der Waals surface area contributed by atoms with Crippen molar-refractivity contribution in [3.63, 3.8) is 0 Å². The predicted molar refractivity (Wildman–Crippen MR) is 47.1 cm³/mol. The maximum absolute atomic E-state index is 8.74. The van der Waals surface area contributed by atoms with Crippen LogP contribution in [0.4, 0.5) is 0 Å². The smallest absolute Gasteiger partial charge is 0.373 e. The van der Waals surface area contributed by atoms with Crippen LogP contribution in [0.15, 0.2) is 0 Å². The highest BCUT2D eigenvalue weighted by Crippen LogP contribution is 2.00. The first-order valence-electron chi connectivity index (χ1n) is 3.85. The molecule has 0 radical (unpaired) electrons. The van der Waals surface area contributed by atoms with E-state index in [0.717, 1.165) is 13.1 Å². The molecular formula is C6H15NO5S. The zero-order valence-electron chi connectivity index (χ0n) is 7.60. The lowest BCUT2D eigenvalue weighted by molar-refractivity contribution is -0.0166. The molecule has 13 heavy (non-hydrogen) atoms. The van der Waals surface area contributed by atoms with Gasteiger partial charge in [-0.3, -0.25) is 9.11 Å². The van der Waals surface area contributed by atoms with E-state index in [4.69, 9.17) is 22.3 Å². The van der Waals surface area contributed by atoms with E-state index in [1.54, 1.807) is 0 Å². The molecule has 0 aliphatic carbocycles. The fourth-order valence-corrected chi connectivity index (χ4v) is 0.983. The summed E-state index contributed by atoms with van der Waals surface area (Å²) < 4.78 is 37.0. The van der Waals surface area contributed by atoms with Gasteiger partial charge in [0.05, 0.1) is 12.2 Å². The van der Waals surface area contributed by atoms with Crippen molar-refractivity contribution in [3.05, 3.63) is 0 Å². The number of hydrogen-bond donors (Lipinski definition) is 3. The first-order valence-corrected chi connectivity index (χ1v) is 5.25. The van der Waals surface area contributed by atoms with Crippen molar-refractivity contribution in [2.75, 3.05) is 13.1 Å². The Kier molecular flexibility index (Phi) is 5.42. The van der Waals surface area contributed by atoms with E-state index in [1.165, 1.54) is 0 Å². The third-order valence-electron chi connectivity index (χ3n) is 1.33. The molecule has 0 spiro atoms. The fourth-order valence-electron chi connectivity index (χ4n) is 0.983. The Morgan fingerprint density at radius 2 is 1.54 bits per heavy atom. The van der Waals surface area contributed by atoms with Crippen LogP contribution in [0.5, 0.6) is 0 Å². The second-order valence-corrected chi connectivity index (χ2v) is 3.76. The summed E-state index contributed by atoms with van der Waals surface area (Å²) >= 11 is 0. The molecule has 0 saturated carbocycles. The van der Waals surface area contributed by atoms with E-state index in [2.05, 4.69) is 19.2 Å². The molecule has 1 aliphatic heterocycles. The zero-order chi connectivity index (χ0) is 10.5. The van der Waals surface area contributed by atoms with Crippen molar-refractivity contribution in [1.82, 2.24) is 5.32 Å². The number of hydrogen-bond acceptors (Lipinski definition) is 4. The maximum atomic E-state index is 8.74. The van der Waals surface area contributed by atoms with Gasteiger partial charge in [0.25, 0.3) is 0 Å². The molecule has 0 amide bonds. The molecule has 80 valence electrons. The Balaban J connectivity index is 0.000000252. The van der Waals surface area contributed by atoms with Gasteiger partial charge >= 0.3 is 10.4 Å². The van der Waals surface area contributed by atoms with E-state index in [9.17, 15) is 0 Å². The van der Waals surface area contributed by atoms with E-state index in [-0.39, 0.29) is 0 Å². The SMILES string of the molecule is CC1CNCC(C)O1.O=S(=O)(O)O. The van der Waals surface area contributed by atoms with Crippen molar-refractivity contribution >= 4 is 10.4 Å². The van der Waals surface area contributed by atoms with Gasteiger partial charge in [-0.05, 0) is 13.8 Å². The van der Waals surface area contributed by atoms with Gasteiger partial charge in [-0.15, -0.1) is 0 Å². The summed E-state index contributed by atoms with van der Waals surface area (Å²) in [5, 5.41) is 3.26. The van der Waals surface area contributed by atoms with Crippen LogP contribution in [0.25, 0.3) is 0 Å². The van der Waals surface area contributed by atoms with Crippen LogP contribution in [0, 0.1) is 0 Å². The Morgan fingerprint density at radius 1 is 1.23 bits per heavy atom. The van der Waals surface area contributed by atoms with Crippen LogP contribution in [-0.4, -0.2) is 42.8 Å². The quantitative estimate of drug-likeness (QED) is 0.479. The summed E-state index contributed by atoms with van der Waals surface area (Å²) in [5.41, 5.74) is 0. The lowest BCUT2D eigenvalue weighted by Gasteiger charge is -2.25. The van der Waals surface area contributed by atoms with Gasteiger partial charge in [0.15, 0.2) is 0 Å². The van der Waals surface area contributed by atoms with Crippen LogP contribution >= 0.6 is 0 Å². The number of morpholine rings is 1. The fraction of sp³-hybridized carbons (Fsp3) is 1.00. The second kappa shape index (κ2) is 5.51. The number of nitrogens with one attached hydrogen (secondary N) is 1. The number of ether oxygens (including phenoxy) is 1. The Morgan fingerprint density at radius 3 is 1.69 bits per heavy atom. The highest BCUT2D eigenvalue weighted by molar-refractivity contribution is 7.79. The van der Waals surface area contributed by atoms with E-state index in [0.29, 0.717) is 12.2 Å². The summed E-state index contributed by atoms with van der Waals surface area (Å²) in [4.78, 5) is 0. The molecule has 0 aromatic heterocycles. The maximum Gasteiger partial charge on any atom is 0.394 e. The van der Waals surface area contributed by atoms with Crippen LogP contribution in [0.3, 0.4) is 0 Å². The van der Waals surface area contributed by atoms with Crippen molar-refractivity contribution in [2.45, 2.75) is 26.1 Å². The summed E-state index contributed by atoms with van der Waals surface area (Å²) in [7, 11) is -4.67. The van der Waals surface area contributed by atoms with Gasteiger partial charge in [-0.2, -0.15) is 8.42 Å². The van der Waals surface area contributed by atoms with Crippen LogP contribution in [0.1, 0.15) is 13.8 Å². The van der Waals surface area contributed by atoms with Crippen LogP contribution < -0.4 is 5.32 Å². The molecule has 0 bridgehead atoms. The summed E-state index contributed by atoms with van der Waals surface area (Å²) in [6.45, 7) is 6.18. The second-order valence-electron chi connectivity index (χ2n) is 2.86. The first kappa shape index (κ1) is 12.8. The third kappa shape index (κ3) is 11.8. The van der Waals surface area contributed by atoms with Crippen LogP contribution in [0.2, 0.25) is 0 Å². The lowest BCUT2D eigenvalue weighted by Crippen LogP contribution is -2.41. The van der Waals surface area contributed by atoms with Crippen molar-refractivity contribution in [1.29, 1.82) is 0 Å².